The Kier molecular flexibility index (Phi) is 8.15. The minimum Gasteiger partial charge on any atom is -0.493 e. The lowest BCUT2D eigenvalue weighted by molar-refractivity contribution is -0.121. The molecule has 1 fully saturated rings. The molecule has 1 aliphatic carbocycles. The normalized spacial score (nSPS) is 19.0. The van der Waals surface area contributed by atoms with Crippen molar-refractivity contribution in [3.8, 4) is 11.5 Å². The van der Waals surface area contributed by atoms with Gasteiger partial charge in [-0.25, -0.2) is 0 Å². The van der Waals surface area contributed by atoms with Crippen LogP contribution in [0.1, 0.15) is 62.2 Å². The van der Waals surface area contributed by atoms with Crippen LogP contribution >= 0.6 is 0 Å². The van der Waals surface area contributed by atoms with Crippen LogP contribution in [0.4, 0.5) is 5.69 Å². The van der Waals surface area contributed by atoms with E-state index in [9.17, 15) is 9.59 Å². The molecule has 0 aromatic heterocycles. The van der Waals surface area contributed by atoms with Crippen LogP contribution in [0, 0.1) is 11.8 Å². The van der Waals surface area contributed by atoms with Gasteiger partial charge in [-0.15, -0.1) is 0 Å². The van der Waals surface area contributed by atoms with E-state index in [-0.39, 0.29) is 17.7 Å². The molecule has 2 amide bonds. The number of methoxy groups -OCH3 is 2. The Hall–Kier alpha value is -2.24. The minimum absolute atomic E-state index is 0.00622. The maximum absolute atomic E-state index is 12.9. The zero-order chi connectivity index (χ0) is 20.7. The van der Waals surface area contributed by atoms with Gasteiger partial charge in [0, 0.05) is 26.1 Å². The third-order valence-electron chi connectivity index (χ3n) is 5.60. The molecule has 0 radical (unpaired) electrons. The third kappa shape index (κ3) is 5.40. The zero-order valence-electron chi connectivity index (χ0n) is 17.8. The van der Waals surface area contributed by atoms with Crippen LogP contribution in [-0.2, 0) is 4.79 Å². The zero-order valence-corrected chi connectivity index (χ0v) is 17.8. The number of nitrogens with one attached hydrogen (secondary N) is 1. The van der Waals surface area contributed by atoms with Crippen molar-refractivity contribution in [1.29, 1.82) is 0 Å². The molecule has 0 unspecified atom stereocenters. The summed E-state index contributed by atoms with van der Waals surface area (Å²) in [6, 6.07) is 3.29. The molecule has 156 valence electrons. The molecule has 1 aliphatic rings. The lowest BCUT2D eigenvalue weighted by Crippen LogP contribution is -2.29. The number of rotatable bonds is 8. The first-order valence-corrected chi connectivity index (χ1v) is 10.2. The summed E-state index contributed by atoms with van der Waals surface area (Å²) in [6.45, 7) is 2.22. The molecule has 1 N–H and O–H groups in total. The molecule has 6 nitrogen and oxygen atoms in total. The summed E-state index contributed by atoms with van der Waals surface area (Å²) in [7, 11) is 6.43. The Balaban J connectivity index is 2.15. The summed E-state index contributed by atoms with van der Waals surface area (Å²) in [5.74, 6) is 1.47. The maximum atomic E-state index is 12.9. The lowest BCUT2D eigenvalue weighted by Gasteiger charge is -2.28. The highest BCUT2D eigenvalue weighted by atomic mass is 16.5. The van der Waals surface area contributed by atoms with E-state index in [1.807, 2.05) is 0 Å². The van der Waals surface area contributed by atoms with Crippen LogP contribution in [-0.4, -0.2) is 45.0 Å². The Morgan fingerprint density at radius 3 is 2.21 bits per heavy atom. The van der Waals surface area contributed by atoms with Gasteiger partial charge in [0.2, 0.25) is 5.91 Å². The highest BCUT2D eigenvalue weighted by molar-refractivity contribution is 6.04. The first-order chi connectivity index (χ1) is 13.4. The van der Waals surface area contributed by atoms with Crippen molar-refractivity contribution in [3.63, 3.8) is 0 Å². The second-order valence-electron chi connectivity index (χ2n) is 7.80. The summed E-state index contributed by atoms with van der Waals surface area (Å²) in [5.41, 5.74) is 0.863. The number of nitrogens with zero attached hydrogens (tertiary/aromatic N) is 1. The number of benzene rings is 1. The van der Waals surface area contributed by atoms with Crippen LogP contribution in [0.3, 0.4) is 0 Å². The van der Waals surface area contributed by atoms with Gasteiger partial charge >= 0.3 is 0 Å². The third-order valence-corrected chi connectivity index (χ3v) is 5.60. The Morgan fingerprint density at radius 2 is 1.68 bits per heavy atom. The summed E-state index contributed by atoms with van der Waals surface area (Å²) in [6.07, 6.45) is 7.78. The Morgan fingerprint density at radius 1 is 1.07 bits per heavy atom. The second-order valence-corrected chi connectivity index (χ2v) is 7.80. The predicted octanol–water partition coefficient (Wildman–Crippen LogP) is 4.34. The molecular formula is C22H34N2O4. The van der Waals surface area contributed by atoms with E-state index in [2.05, 4.69) is 12.2 Å². The van der Waals surface area contributed by atoms with Crippen molar-refractivity contribution in [2.75, 3.05) is 33.6 Å². The molecule has 0 aliphatic heterocycles. The van der Waals surface area contributed by atoms with Gasteiger partial charge in [0.15, 0.2) is 11.5 Å². The molecule has 1 aromatic rings. The topological polar surface area (TPSA) is 67.9 Å². The molecule has 1 aromatic carbocycles. The smallest absolute Gasteiger partial charge is 0.255 e. The maximum Gasteiger partial charge on any atom is 0.255 e. The number of amides is 2. The average Bonchev–Trinajstić information content (AvgIpc) is 2.71. The first kappa shape index (κ1) is 22.1. The van der Waals surface area contributed by atoms with E-state index in [0.717, 1.165) is 31.6 Å². The molecule has 0 spiro atoms. The van der Waals surface area contributed by atoms with Crippen LogP contribution in [0.25, 0.3) is 0 Å². The van der Waals surface area contributed by atoms with E-state index >= 15 is 0 Å². The summed E-state index contributed by atoms with van der Waals surface area (Å²) in [5, 5.41) is 2.98. The fraction of sp³-hybridized carbons (Fsp3) is 0.636. The monoisotopic (exact) mass is 390 g/mol. The summed E-state index contributed by atoms with van der Waals surface area (Å²) in [4.78, 5) is 27.0. The minimum atomic E-state index is -0.195. The number of unbranched alkanes of at least 4 members (excludes halogenated alkanes) is 1. The second kappa shape index (κ2) is 10.3. The average molecular weight is 391 g/mol. The van der Waals surface area contributed by atoms with E-state index in [4.69, 9.17) is 9.47 Å². The van der Waals surface area contributed by atoms with Gasteiger partial charge in [-0.2, -0.15) is 0 Å². The van der Waals surface area contributed by atoms with Crippen molar-refractivity contribution < 1.29 is 19.1 Å². The largest absolute Gasteiger partial charge is 0.493 e. The van der Waals surface area contributed by atoms with Gasteiger partial charge in [0.25, 0.3) is 5.91 Å². The van der Waals surface area contributed by atoms with Gasteiger partial charge in [0.1, 0.15) is 0 Å². The SMILES string of the molecule is CCCCC1CCC(C(=O)Nc2cc(OC)c(OC)cc2C(=O)N(C)C)CC1. The van der Waals surface area contributed by atoms with Crippen LogP contribution < -0.4 is 14.8 Å². The molecule has 28 heavy (non-hydrogen) atoms. The van der Waals surface area contributed by atoms with Gasteiger partial charge in [0.05, 0.1) is 25.5 Å². The number of carbonyl (C=O) groups excluding carboxylic acids is 2. The molecule has 0 atom stereocenters. The van der Waals surface area contributed by atoms with E-state index < -0.39 is 0 Å². The first-order valence-electron chi connectivity index (χ1n) is 10.2. The van der Waals surface area contributed by atoms with Crippen molar-refractivity contribution in [3.05, 3.63) is 17.7 Å². The van der Waals surface area contributed by atoms with E-state index in [0.29, 0.717) is 22.7 Å². The molecular weight excluding hydrogens is 356 g/mol. The van der Waals surface area contributed by atoms with Crippen molar-refractivity contribution in [1.82, 2.24) is 4.90 Å². The molecule has 2 rings (SSSR count). The highest BCUT2D eigenvalue weighted by Crippen LogP contribution is 2.36. The predicted molar refractivity (Wildman–Crippen MR) is 111 cm³/mol. The van der Waals surface area contributed by atoms with Crippen LogP contribution in [0.5, 0.6) is 11.5 Å². The van der Waals surface area contributed by atoms with Crippen LogP contribution in [0.15, 0.2) is 12.1 Å². The van der Waals surface area contributed by atoms with Gasteiger partial charge in [-0.05, 0) is 37.7 Å². The number of carbonyl (C=O) groups is 2. The van der Waals surface area contributed by atoms with Gasteiger partial charge in [-0.3, -0.25) is 9.59 Å². The molecule has 6 heteroatoms. The standard InChI is InChI=1S/C22H34N2O4/c1-6-7-8-15-9-11-16(12-10-15)21(25)23-18-14-20(28-5)19(27-4)13-17(18)22(26)24(2)3/h13-16H,6-12H2,1-5H3,(H,23,25). The quantitative estimate of drug-likeness (QED) is 0.717. The van der Waals surface area contributed by atoms with E-state index in [1.54, 1.807) is 26.2 Å². The van der Waals surface area contributed by atoms with Crippen molar-refractivity contribution in [2.45, 2.75) is 51.9 Å². The fourth-order valence-corrected chi connectivity index (χ4v) is 3.84. The number of anilines is 1. The summed E-state index contributed by atoms with van der Waals surface area (Å²) < 4.78 is 10.7. The van der Waals surface area contributed by atoms with Crippen molar-refractivity contribution >= 4 is 17.5 Å². The number of hydrogen-bond donors (Lipinski definition) is 1. The Labute approximate surface area is 168 Å². The molecule has 0 bridgehead atoms. The summed E-state index contributed by atoms with van der Waals surface area (Å²) >= 11 is 0. The van der Waals surface area contributed by atoms with Crippen LogP contribution in [0.2, 0.25) is 0 Å². The van der Waals surface area contributed by atoms with E-state index in [1.165, 1.54) is 38.4 Å². The van der Waals surface area contributed by atoms with Crippen molar-refractivity contribution in [2.24, 2.45) is 11.8 Å². The number of ether oxygens (including phenoxy) is 2. The molecule has 0 heterocycles. The fourth-order valence-electron chi connectivity index (χ4n) is 3.84. The Bertz CT molecular complexity index is 679. The number of hydrogen-bond acceptors (Lipinski definition) is 4. The van der Waals surface area contributed by atoms with Gasteiger partial charge < -0.3 is 19.7 Å². The highest BCUT2D eigenvalue weighted by Gasteiger charge is 2.27. The van der Waals surface area contributed by atoms with Gasteiger partial charge in [-0.1, -0.05) is 26.2 Å². The molecule has 1 saturated carbocycles. The lowest BCUT2D eigenvalue weighted by atomic mass is 9.79. The molecule has 0 saturated heterocycles.